The summed E-state index contributed by atoms with van der Waals surface area (Å²) in [5, 5.41) is 11.5. The molecule has 7 heteroatoms. The number of ether oxygens (including phenoxy) is 1. The van der Waals surface area contributed by atoms with Crippen molar-refractivity contribution < 1.29 is 24.2 Å². The quantitative estimate of drug-likeness (QED) is 0.374. The van der Waals surface area contributed by atoms with Gasteiger partial charge in [0.15, 0.2) is 0 Å². The van der Waals surface area contributed by atoms with Crippen molar-refractivity contribution in [1.29, 1.82) is 0 Å². The van der Waals surface area contributed by atoms with Gasteiger partial charge in [0.25, 0.3) is 0 Å². The van der Waals surface area contributed by atoms with Crippen molar-refractivity contribution in [2.75, 3.05) is 20.1 Å². The van der Waals surface area contributed by atoms with Crippen molar-refractivity contribution >= 4 is 17.8 Å². The molecule has 0 aromatic heterocycles. The summed E-state index contributed by atoms with van der Waals surface area (Å²) >= 11 is 0. The standard InChI is InChI=1S/C24H34N2O5/c1-5-24(13-6-7-14-26(4)16-24)18-9-8-10-19(15-18)31-21(28)12-11-20(27)25-22(17(2)3)23(29)30/h8-12,15,17,22H,5-7,13-14,16H2,1-4H3,(H,25,27)(H,29,30)/b12-11-. The minimum atomic E-state index is -1.12. The highest BCUT2D eigenvalue weighted by atomic mass is 16.5. The summed E-state index contributed by atoms with van der Waals surface area (Å²) in [5.41, 5.74) is 1.17. The fraction of sp³-hybridized carbons (Fsp3) is 0.542. The smallest absolute Gasteiger partial charge is 0.336 e. The average molecular weight is 431 g/mol. The molecule has 0 aliphatic carbocycles. The zero-order valence-electron chi connectivity index (χ0n) is 18.9. The minimum absolute atomic E-state index is 0.0199. The van der Waals surface area contributed by atoms with Gasteiger partial charge in [0.1, 0.15) is 11.8 Å². The summed E-state index contributed by atoms with van der Waals surface area (Å²) in [6, 6.07) is 6.58. The molecule has 1 aliphatic heterocycles. The third-order valence-corrected chi connectivity index (χ3v) is 5.96. The van der Waals surface area contributed by atoms with Crippen LogP contribution in [0.4, 0.5) is 0 Å². The molecule has 2 rings (SSSR count). The fourth-order valence-electron chi connectivity index (χ4n) is 4.15. The molecule has 1 amide bonds. The van der Waals surface area contributed by atoms with E-state index < -0.39 is 23.9 Å². The number of nitrogens with zero attached hydrogens (tertiary/aromatic N) is 1. The Morgan fingerprint density at radius 2 is 2.00 bits per heavy atom. The van der Waals surface area contributed by atoms with Crippen LogP contribution in [0.15, 0.2) is 36.4 Å². The minimum Gasteiger partial charge on any atom is -0.480 e. The lowest BCUT2D eigenvalue weighted by molar-refractivity contribution is -0.142. The topological polar surface area (TPSA) is 95.9 Å². The van der Waals surface area contributed by atoms with Crippen LogP contribution in [-0.2, 0) is 19.8 Å². The van der Waals surface area contributed by atoms with Crippen molar-refractivity contribution in [3.63, 3.8) is 0 Å². The fourth-order valence-corrected chi connectivity index (χ4v) is 4.15. The number of nitrogens with one attached hydrogen (secondary N) is 1. The van der Waals surface area contributed by atoms with Crippen molar-refractivity contribution in [2.24, 2.45) is 5.92 Å². The van der Waals surface area contributed by atoms with Gasteiger partial charge < -0.3 is 20.1 Å². The molecule has 0 spiro atoms. The SMILES string of the molecule is CCC1(c2cccc(OC(=O)/C=C\C(=O)NC(C(=O)O)C(C)C)c2)CCCCN(C)C1. The van der Waals surface area contributed by atoms with Gasteiger partial charge in [0, 0.05) is 24.1 Å². The number of hydrogen-bond donors (Lipinski definition) is 2. The number of carbonyl (C=O) groups excluding carboxylic acids is 2. The van der Waals surface area contributed by atoms with E-state index in [2.05, 4.69) is 30.3 Å². The van der Waals surface area contributed by atoms with Crippen molar-refractivity contribution in [2.45, 2.75) is 57.9 Å². The van der Waals surface area contributed by atoms with Gasteiger partial charge in [-0.05, 0) is 56.5 Å². The van der Waals surface area contributed by atoms with Crippen LogP contribution in [0, 0.1) is 5.92 Å². The Labute approximate surface area is 184 Å². The number of likely N-dealkylation sites (tertiary alicyclic amines) is 1. The third-order valence-electron chi connectivity index (χ3n) is 5.96. The number of carbonyl (C=O) groups is 3. The Bertz CT molecular complexity index is 820. The molecular formula is C24H34N2O5. The summed E-state index contributed by atoms with van der Waals surface area (Å²) in [5.74, 6) is -2.31. The molecule has 1 aliphatic rings. The number of rotatable bonds is 8. The van der Waals surface area contributed by atoms with Crippen molar-refractivity contribution in [3.8, 4) is 5.75 Å². The molecule has 0 bridgehead atoms. The van der Waals surface area contributed by atoms with Crippen LogP contribution >= 0.6 is 0 Å². The molecule has 0 radical (unpaired) electrons. The molecule has 1 aromatic rings. The first-order chi connectivity index (χ1) is 14.7. The second-order valence-corrected chi connectivity index (χ2v) is 8.68. The van der Waals surface area contributed by atoms with Crippen molar-refractivity contribution in [3.05, 3.63) is 42.0 Å². The number of benzene rings is 1. The van der Waals surface area contributed by atoms with Crippen LogP contribution in [0.25, 0.3) is 0 Å². The molecule has 1 saturated heterocycles. The van der Waals surface area contributed by atoms with Gasteiger partial charge in [-0.1, -0.05) is 39.3 Å². The van der Waals surface area contributed by atoms with E-state index in [4.69, 9.17) is 9.84 Å². The van der Waals surface area contributed by atoms with Crippen LogP contribution in [0.1, 0.15) is 52.0 Å². The maximum absolute atomic E-state index is 12.2. The van der Waals surface area contributed by atoms with E-state index in [-0.39, 0.29) is 11.3 Å². The highest BCUT2D eigenvalue weighted by molar-refractivity contribution is 5.96. The number of esters is 1. The van der Waals surface area contributed by atoms with E-state index in [0.717, 1.165) is 50.1 Å². The predicted octanol–water partition coefficient (Wildman–Crippen LogP) is 3.14. The molecular weight excluding hydrogens is 396 g/mol. The van der Waals surface area contributed by atoms with Gasteiger partial charge in [-0.25, -0.2) is 9.59 Å². The average Bonchev–Trinajstić information content (AvgIpc) is 2.92. The largest absolute Gasteiger partial charge is 0.480 e. The third kappa shape index (κ3) is 6.92. The van der Waals surface area contributed by atoms with E-state index >= 15 is 0 Å². The van der Waals surface area contributed by atoms with Gasteiger partial charge in [-0.15, -0.1) is 0 Å². The first-order valence-corrected chi connectivity index (χ1v) is 10.9. The summed E-state index contributed by atoms with van der Waals surface area (Å²) in [6.07, 6.45) is 6.43. The van der Waals surface area contributed by atoms with Gasteiger partial charge in [0.2, 0.25) is 5.91 Å². The Kier molecular flexibility index (Phi) is 8.80. The molecule has 1 heterocycles. The summed E-state index contributed by atoms with van der Waals surface area (Å²) in [7, 11) is 2.14. The van der Waals surface area contributed by atoms with Crippen LogP contribution < -0.4 is 10.1 Å². The number of carboxylic acid groups (broad SMARTS) is 1. The zero-order valence-corrected chi connectivity index (χ0v) is 18.9. The highest BCUT2D eigenvalue weighted by Crippen LogP contribution is 2.37. The Hall–Kier alpha value is -2.67. The molecule has 2 unspecified atom stereocenters. The van der Waals surface area contributed by atoms with Crippen molar-refractivity contribution in [1.82, 2.24) is 10.2 Å². The van der Waals surface area contributed by atoms with Crippen LogP contribution in [0.5, 0.6) is 5.75 Å². The lowest BCUT2D eigenvalue weighted by Gasteiger charge is -2.35. The maximum Gasteiger partial charge on any atom is 0.336 e. The normalized spacial score (nSPS) is 20.9. The molecule has 2 N–H and O–H groups in total. The highest BCUT2D eigenvalue weighted by Gasteiger charge is 2.33. The maximum atomic E-state index is 12.2. The Balaban J connectivity index is 2.06. The number of hydrogen-bond acceptors (Lipinski definition) is 5. The van der Waals surface area contributed by atoms with E-state index in [0.29, 0.717) is 5.75 Å². The first kappa shape index (κ1) is 24.6. The summed E-state index contributed by atoms with van der Waals surface area (Å²) < 4.78 is 5.41. The lowest BCUT2D eigenvalue weighted by Crippen LogP contribution is -2.43. The number of carboxylic acids is 1. The van der Waals surface area contributed by atoms with Gasteiger partial charge in [-0.2, -0.15) is 0 Å². The monoisotopic (exact) mass is 430 g/mol. The second kappa shape index (κ2) is 11.1. The number of likely N-dealkylation sites (N-methyl/N-ethyl adjacent to an activating group) is 1. The van der Waals surface area contributed by atoms with Gasteiger partial charge in [-0.3, -0.25) is 4.79 Å². The summed E-state index contributed by atoms with van der Waals surface area (Å²) in [4.78, 5) is 37.7. The first-order valence-electron chi connectivity index (χ1n) is 10.9. The van der Waals surface area contributed by atoms with E-state index in [1.165, 1.54) is 6.42 Å². The van der Waals surface area contributed by atoms with Gasteiger partial charge in [0.05, 0.1) is 0 Å². The number of amides is 1. The van der Waals surface area contributed by atoms with E-state index in [9.17, 15) is 14.4 Å². The predicted molar refractivity (Wildman–Crippen MR) is 119 cm³/mol. The zero-order chi connectivity index (χ0) is 23.0. The van der Waals surface area contributed by atoms with Crippen LogP contribution in [0.2, 0.25) is 0 Å². The number of aliphatic carboxylic acids is 1. The molecule has 7 nitrogen and oxygen atoms in total. The molecule has 1 aromatic carbocycles. The Morgan fingerprint density at radius 3 is 2.65 bits per heavy atom. The summed E-state index contributed by atoms with van der Waals surface area (Å²) in [6.45, 7) is 7.63. The molecule has 0 saturated carbocycles. The van der Waals surface area contributed by atoms with E-state index in [1.54, 1.807) is 19.9 Å². The van der Waals surface area contributed by atoms with Crippen LogP contribution in [-0.4, -0.2) is 54.0 Å². The van der Waals surface area contributed by atoms with Crippen LogP contribution in [0.3, 0.4) is 0 Å². The molecule has 170 valence electrons. The molecule has 1 fully saturated rings. The van der Waals surface area contributed by atoms with Gasteiger partial charge >= 0.3 is 11.9 Å². The second-order valence-electron chi connectivity index (χ2n) is 8.68. The molecule has 2 atom stereocenters. The lowest BCUT2D eigenvalue weighted by atomic mass is 9.74. The Morgan fingerprint density at radius 1 is 1.26 bits per heavy atom. The van der Waals surface area contributed by atoms with E-state index in [1.807, 2.05) is 12.1 Å². The molecule has 31 heavy (non-hydrogen) atoms.